The number of nitriles is 1. The maximum absolute atomic E-state index is 13.7. The van der Waals surface area contributed by atoms with E-state index < -0.39 is 0 Å². The van der Waals surface area contributed by atoms with Gasteiger partial charge >= 0.3 is 0 Å². The molecule has 0 bridgehead atoms. The van der Waals surface area contributed by atoms with Crippen molar-refractivity contribution in [3.63, 3.8) is 0 Å². The molecule has 180 valence electrons. The van der Waals surface area contributed by atoms with Gasteiger partial charge in [-0.2, -0.15) is 15.0 Å². The van der Waals surface area contributed by atoms with Gasteiger partial charge in [-0.25, -0.2) is 4.98 Å². The lowest BCUT2D eigenvalue weighted by atomic mass is 10.0. The van der Waals surface area contributed by atoms with Gasteiger partial charge in [-0.1, -0.05) is 60.7 Å². The van der Waals surface area contributed by atoms with Gasteiger partial charge in [-0.15, -0.1) is 0 Å². The second-order valence-electron chi connectivity index (χ2n) is 8.17. The Morgan fingerprint density at radius 2 is 1.76 bits per heavy atom. The van der Waals surface area contributed by atoms with E-state index >= 15 is 0 Å². The van der Waals surface area contributed by atoms with Crippen molar-refractivity contribution in [2.75, 3.05) is 11.9 Å². The van der Waals surface area contributed by atoms with Gasteiger partial charge in [0, 0.05) is 11.0 Å². The first kappa shape index (κ1) is 23.5. The van der Waals surface area contributed by atoms with Crippen LogP contribution in [0.2, 0.25) is 0 Å². The highest BCUT2D eigenvalue weighted by molar-refractivity contribution is 6.29. The Morgan fingerprint density at radius 1 is 1.00 bits per heavy atom. The van der Waals surface area contributed by atoms with Crippen LogP contribution in [-0.4, -0.2) is 27.3 Å². The summed E-state index contributed by atoms with van der Waals surface area (Å²) in [6.45, 7) is 2.51. The van der Waals surface area contributed by atoms with Crippen LogP contribution in [-0.2, 0) is 4.79 Å². The Labute approximate surface area is 214 Å². The molecule has 0 spiro atoms. The van der Waals surface area contributed by atoms with Crippen LogP contribution in [0.25, 0.3) is 28.4 Å². The third-order valence-electron chi connectivity index (χ3n) is 5.75. The molecule has 7 heteroatoms. The van der Waals surface area contributed by atoms with Crippen molar-refractivity contribution in [2.45, 2.75) is 6.92 Å². The third-order valence-corrected chi connectivity index (χ3v) is 5.75. The summed E-state index contributed by atoms with van der Waals surface area (Å²) in [5, 5.41) is 18.0. The van der Waals surface area contributed by atoms with Crippen LogP contribution in [0.15, 0.2) is 97.2 Å². The Hall–Kier alpha value is -5.22. The summed E-state index contributed by atoms with van der Waals surface area (Å²) in [6.07, 6.45) is 3.23. The van der Waals surface area contributed by atoms with E-state index in [0.717, 1.165) is 27.8 Å². The van der Waals surface area contributed by atoms with E-state index in [-0.39, 0.29) is 17.3 Å². The minimum absolute atomic E-state index is 0.233. The summed E-state index contributed by atoms with van der Waals surface area (Å²) in [6, 6.07) is 30.5. The fraction of sp³-hybridized carbons (Fsp3) is 0.0667. The second-order valence-corrected chi connectivity index (χ2v) is 8.17. The molecule has 0 saturated heterocycles. The number of benzene rings is 3. The van der Waals surface area contributed by atoms with Crippen molar-refractivity contribution in [2.24, 2.45) is 0 Å². The molecule has 2 heterocycles. The quantitative estimate of drug-likeness (QED) is 0.230. The number of rotatable bonds is 7. The summed E-state index contributed by atoms with van der Waals surface area (Å²) in [7, 11) is 0. The van der Waals surface area contributed by atoms with Crippen molar-refractivity contribution in [1.29, 1.82) is 5.26 Å². The minimum Gasteiger partial charge on any atom is -0.494 e. The highest BCUT2D eigenvalue weighted by atomic mass is 16.5. The zero-order valence-corrected chi connectivity index (χ0v) is 20.1. The first-order chi connectivity index (χ1) is 18.2. The lowest BCUT2D eigenvalue weighted by Crippen LogP contribution is -2.17. The Kier molecular flexibility index (Phi) is 6.73. The minimum atomic E-state index is -0.376. The lowest BCUT2D eigenvalue weighted by Gasteiger charge is -2.12. The van der Waals surface area contributed by atoms with E-state index in [2.05, 4.69) is 21.5 Å². The molecule has 3 aromatic carbocycles. The molecule has 0 radical (unpaired) electrons. The molecule has 1 amide bonds. The topological polar surface area (TPSA) is 92.8 Å². The molecule has 5 rings (SSSR count). The highest BCUT2D eigenvalue weighted by Gasteiger charge is 2.19. The number of anilines is 1. The average Bonchev–Trinajstić information content (AvgIpc) is 3.35. The molecule has 1 N–H and O–H groups in total. The van der Waals surface area contributed by atoms with E-state index in [0.29, 0.717) is 18.0 Å². The summed E-state index contributed by atoms with van der Waals surface area (Å²) >= 11 is 0. The van der Waals surface area contributed by atoms with Crippen LogP contribution in [0.3, 0.4) is 0 Å². The summed E-state index contributed by atoms with van der Waals surface area (Å²) in [4.78, 5) is 18.3. The molecular weight excluding hydrogens is 462 g/mol. The first-order valence-corrected chi connectivity index (χ1v) is 11.8. The Balaban J connectivity index is 1.53. The van der Waals surface area contributed by atoms with Crippen LogP contribution in [0.4, 0.5) is 5.82 Å². The predicted molar refractivity (Wildman–Crippen MR) is 144 cm³/mol. The van der Waals surface area contributed by atoms with Gasteiger partial charge in [-0.3, -0.25) is 4.79 Å². The number of ether oxygens (including phenoxy) is 1. The van der Waals surface area contributed by atoms with E-state index in [1.54, 1.807) is 12.1 Å². The molecule has 7 nitrogen and oxygen atoms in total. The SMILES string of the molecule is CCOc1ccc(/C=C(/C(=O)Nc2c(C#N)cnn2-c2ccc3ccccc3n2)c2ccccc2)cc1. The standard InChI is InChI=1S/C30H23N5O2/c1-2-37-25-15-12-21(13-16-25)18-26(22-8-4-3-5-9-22)30(36)34-29-24(19-31)20-32-35(29)28-17-14-23-10-6-7-11-27(23)33-28/h3-18,20H,2H2,1H3,(H,34,36)/b26-18+. The van der Waals surface area contributed by atoms with Crippen molar-refractivity contribution >= 4 is 34.3 Å². The number of para-hydroxylation sites is 1. The van der Waals surface area contributed by atoms with E-state index in [1.807, 2.05) is 91.9 Å². The Morgan fingerprint density at radius 3 is 2.51 bits per heavy atom. The third kappa shape index (κ3) is 5.09. The number of fused-ring (bicyclic) bond motifs is 1. The molecule has 2 aromatic heterocycles. The first-order valence-electron chi connectivity index (χ1n) is 11.8. The lowest BCUT2D eigenvalue weighted by molar-refractivity contribution is -0.111. The van der Waals surface area contributed by atoms with Gasteiger partial charge in [0.15, 0.2) is 11.6 Å². The fourth-order valence-electron chi connectivity index (χ4n) is 3.96. The molecule has 0 aliphatic rings. The van der Waals surface area contributed by atoms with Gasteiger partial charge in [0.1, 0.15) is 17.4 Å². The van der Waals surface area contributed by atoms with Crippen LogP contribution < -0.4 is 10.1 Å². The summed E-state index contributed by atoms with van der Waals surface area (Å²) < 4.78 is 7.00. The highest BCUT2D eigenvalue weighted by Crippen LogP contribution is 2.25. The second kappa shape index (κ2) is 10.6. The predicted octanol–water partition coefficient (Wildman–Crippen LogP) is 5.87. The fourth-order valence-corrected chi connectivity index (χ4v) is 3.96. The largest absolute Gasteiger partial charge is 0.494 e. The number of hydrogen-bond acceptors (Lipinski definition) is 5. The van der Waals surface area contributed by atoms with Gasteiger partial charge in [-0.05, 0) is 54.5 Å². The number of carbonyl (C=O) groups is 1. The number of aromatic nitrogens is 3. The zero-order chi connectivity index (χ0) is 25.6. The van der Waals surface area contributed by atoms with Crippen LogP contribution in [0, 0.1) is 11.3 Å². The van der Waals surface area contributed by atoms with Gasteiger partial charge in [0.25, 0.3) is 5.91 Å². The number of pyridine rings is 1. The van der Waals surface area contributed by atoms with Crippen LogP contribution >= 0.6 is 0 Å². The summed E-state index contributed by atoms with van der Waals surface area (Å²) in [5.41, 5.74) is 3.03. The molecule has 0 saturated carbocycles. The molecule has 0 unspecified atom stereocenters. The Bertz CT molecular complexity index is 1630. The van der Waals surface area contributed by atoms with Gasteiger partial charge < -0.3 is 10.1 Å². The van der Waals surface area contributed by atoms with Gasteiger partial charge in [0.05, 0.1) is 18.3 Å². The maximum atomic E-state index is 13.7. The van der Waals surface area contributed by atoms with Crippen molar-refractivity contribution in [3.8, 4) is 17.6 Å². The molecule has 0 fully saturated rings. The van der Waals surface area contributed by atoms with E-state index in [4.69, 9.17) is 4.74 Å². The van der Waals surface area contributed by atoms with E-state index in [9.17, 15) is 10.1 Å². The number of nitrogens with zero attached hydrogens (tertiary/aromatic N) is 4. The molecule has 0 aliphatic carbocycles. The van der Waals surface area contributed by atoms with Crippen molar-refractivity contribution < 1.29 is 9.53 Å². The smallest absolute Gasteiger partial charge is 0.257 e. The zero-order valence-electron chi connectivity index (χ0n) is 20.1. The molecule has 5 aromatic rings. The molecule has 0 aliphatic heterocycles. The average molecular weight is 486 g/mol. The van der Waals surface area contributed by atoms with Crippen LogP contribution in [0.1, 0.15) is 23.6 Å². The molecule has 0 atom stereocenters. The van der Waals surface area contributed by atoms with Crippen molar-refractivity contribution in [1.82, 2.24) is 14.8 Å². The van der Waals surface area contributed by atoms with E-state index in [1.165, 1.54) is 10.9 Å². The van der Waals surface area contributed by atoms with Crippen molar-refractivity contribution in [3.05, 3.63) is 114 Å². The normalized spacial score (nSPS) is 11.2. The number of nitrogens with one attached hydrogen (secondary N) is 1. The summed E-state index contributed by atoms with van der Waals surface area (Å²) in [5.74, 6) is 1.13. The number of carbonyl (C=O) groups excluding carboxylic acids is 1. The van der Waals surface area contributed by atoms with Crippen LogP contribution in [0.5, 0.6) is 5.75 Å². The monoisotopic (exact) mass is 485 g/mol. The van der Waals surface area contributed by atoms with Gasteiger partial charge in [0.2, 0.25) is 0 Å². The number of amides is 1. The number of hydrogen-bond donors (Lipinski definition) is 1. The molecule has 37 heavy (non-hydrogen) atoms. The maximum Gasteiger partial charge on any atom is 0.257 e. The molecular formula is C30H23N5O2.